The van der Waals surface area contributed by atoms with Crippen molar-refractivity contribution in [3.05, 3.63) is 17.7 Å². The molecule has 108 valence electrons. The second-order valence-corrected chi connectivity index (χ2v) is 4.39. The van der Waals surface area contributed by atoms with E-state index < -0.39 is 0 Å². The quantitative estimate of drug-likeness (QED) is 0.673. The zero-order valence-corrected chi connectivity index (χ0v) is 12.4. The van der Waals surface area contributed by atoms with E-state index in [-0.39, 0.29) is 0 Å². The lowest BCUT2D eigenvalue weighted by atomic mass is 10.2. The molecule has 1 aromatic carbocycles. The molecule has 0 amide bonds. The van der Waals surface area contributed by atoms with Crippen LogP contribution in [0.15, 0.2) is 12.1 Å². The van der Waals surface area contributed by atoms with Crippen LogP contribution >= 0.6 is 0 Å². The Balaban J connectivity index is 2.73. The number of likely N-dealkylation sites (N-methyl/N-ethyl adjacent to an activating group) is 1. The van der Waals surface area contributed by atoms with E-state index in [0.717, 1.165) is 12.1 Å². The molecule has 0 aliphatic carbocycles. The van der Waals surface area contributed by atoms with Crippen LogP contribution in [-0.4, -0.2) is 53.5 Å². The number of hydrogen-bond acceptors (Lipinski definition) is 5. The molecule has 1 aromatic rings. The van der Waals surface area contributed by atoms with E-state index in [2.05, 4.69) is 4.90 Å². The van der Waals surface area contributed by atoms with Crippen molar-refractivity contribution >= 4 is 0 Å². The van der Waals surface area contributed by atoms with Gasteiger partial charge in [-0.25, -0.2) is 0 Å². The number of methoxy groups -OCH3 is 3. The molecule has 0 aliphatic heterocycles. The Kier molecular flexibility index (Phi) is 6.45. The van der Waals surface area contributed by atoms with Gasteiger partial charge in [0.2, 0.25) is 5.75 Å². The van der Waals surface area contributed by atoms with Crippen molar-refractivity contribution in [1.82, 2.24) is 4.90 Å². The van der Waals surface area contributed by atoms with E-state index in [0.29, 0.717) is 30.5 Å². The van der Waals surface area contributed by atoms with Crippen LogP contribution in [0.4, 0.5) is 0 Å². The number of nitrogens with zero attached hydrogens (tertiary/aromatic N) is 1. The summed E-state index contributed by atoms with van der Waals surface area (Å²) in [6.45, 7) is 2.10. The predicted molar refractivity (Wildman–Crippen MR) is 74.3 cm³/mol. The second kappa shape index (κ2) is 7.86. The Bertz CT molecular complexity index is 368. The minimum absolute atomic E-state index is 0.518. The van der Waals surface area contributed by atoms with Crippen LogP contribution in [0.3, 0.4) is 0 Å². The van der Waals surface area contributed by atoms with E-state index in [4.69, 9.17) is 18.9 Å². The van der Waals surface area contributed by atoms with Crippen molar-refractivity contribution in [2.75, 3.05) is 48.6 Å². The normalized spacial score (nSPS) is 10.6. The summed E-state index contributed by atoms with van der Waals surface area (Å²) >= 11 is 0. The lowest BCUT2D eigenvalue weighted by Gasteiger charge is -2.14. The summed E-state index contributed by atoms with van der Waals surface area (Å²) in [4.78, 5) is 2.08. The maximum atomic E-state index is 5.61. The van der Waals surface area contributed by atoms with Gasteiger partial charge in [0.05, 0.1) is 34.5 Å². The van der Waals surface area contributed by atoms with Gasteiger partial charge in [0.15, 0.2) is 11.5 Å². The van der Waals surface area contributed by atoms with Crippen LogP contribution in [-0.2, 0) is 11.3 Å². The molecule has 0 aliphatic rings. The maximum absolute atomic E-state index is 5.61. The molecule has 0 saturated carbocycles. The van der Waals surface area contributed by atoms with Gasteiger partial charge in [-0.1, -0.05) is 0 Å². The molecule has 0 heterocycles. The van der Waals surface area contributed by atoms with Gasteiger partial charge in [-0.2, -0.15) is 0 Å². The molecule has 0 aromatic heterocycles. The molecule has 19 heavy (non-hydrogen) atoms. The van der Waals surface area contributed by atoms with E-state index in [9.17, 15) is 0 Å². The molecule has 0 unspecified atom stereocenters. The Morgan fingerprint density at radius 3 is 1.95 bits per heavy atom. The summed E-state index contributed by atoms with van der Waals surface area (Å²) in [6, 6.07) is 3.80. The van der Waals surface area contributed by atoms with Gasteiger partial charge in [0.1, 0.15) is 0 Å². The van der Waals surface area contributed by atoms with Crippen LogP contribution in [0.25, 0.3) is 0 Å². The first kappa shape index (κ1) is 15.6. The molecule has 0 N–H and O–H groups in total. The van der Waals surface area contributed by atoms with E-state index in [1.807, 2.05) is 26.2 Å². The number of rotatable bonds is 8. The van der Waals surface area contributed by atoms with Gasteiger partial charge in [0.25, 0.3) is 0 Å². The molecule has 0 radical (unpaired) electrons. The second-order valence-electron chi connectivity index (χ2n) is 4.39. The fraction of sp³-hybridized carbons (Fsp3) is 0.571. The van der Waals surface area contributed by atoms with E-state index >= 15 is 0 Å². The molecular weight excluding hydrogens is 246 g/mol. The Morgan fingerprint density at radius 2 is 1.53 bits per heavy atom. The molecule has 0 spiro atoms. The largest absolute Gasteiger partial charge is 0.493 e. The molecule has 5 heteroatoms. The zero-order valence-electron chi connectivity index (χ0n) is 12.4. The summed E-state index contributed by atoms with van der Waals surface area (Å²) in [6.07, 6.45) is 0. The lowest BCUT2D eigenvalue weighted by molar-refractivity contribution is 0.105. The van der Waals surface area contributed by atoms with Crippen LogP contribution < -0.4 is 14.2 Å². The predicted octanol–water partition coefficient (Wildman–Crippen LogP) is 1.79. The van der Waals surface area contributed by atoms with Crippen molar-refractivity contribution in [2.24, 2.45) is 0 Å². The number of ether oxygens (including phenoxy) is 4. The third kappa shape index (κ3) is 4.61. The topological polar surface area (TPSA) is 40.2 Å². The first-order valence-electron chi connectivity index (χ1n) is 6.13. The monoisotopic (exact) mass is 269 g/mol. The van der Waals surface area contributed by atoms with Crippen LogP contribution in [0.2, 0.25) is 0 Å². The smallest absolute Gasteiger partial charge is 0.203 e. The highest BCUT2D eigenvalue weighted by atomic mass is 16.5. The molecule has 0 saturated heterocycles. The van der Waals surface area contributed by atoms with Crippen molar-refractivity contribution in [3.63, 3.8) is 0 Å². The average Bonchev–Trinajstić information content (AvgIpc) is 2.42. The van der Waals surface area contributed by atoms with Crippen LogP contribution in [0.1, 0.15) is 5.56 Å². The summed E-state index contributed by atoms with van der Waals surface area (Å²) in [5.41, 5.74) is 0.994. The number of benzene rings is 1. The standard InChI is InChI=1S/C14H23NO4/c1-15(2)6-7-19-10-11-8-12(16-3)14(18-5)13(9-11)17-4/h8-9H,6-7,10H2,1-5H3. The van der Waals surface area contributed by atoms with E-state index in [1.165, 1.54) is 0 Å². The van der Waals surface area contributed by atoms with Gasteiger partial charge in [-0.3, -0.25) is 0 Å². The maximum Gasteiger partial charge on any atom is 0.203 e. The highest BCUT2D eigenvalue weighted by Crippen LogP contribution is 2.38. The minimum atomic E-state index is 0.518. The molecular formula is C14H23NO4. The fourth-order valence-corrected chi connectivity index (χ4v) is 1.66. The Labute approximate surface area is 115 Å². The fourth-order valence-electron chi connectivity index (χ4n) is 1.66. The first-order valence-corrected chi connectivity index (χ1v) is 6.13. The summed E-state index contributed by atoms with van der Waals surface area (Å²) in [5, 5.41) is 0. The molecule has 1 rings (SSSR count). The van der Waals surface area contributed by atoms with Crippen molar-refractivity contribution in [3.8, 4) is 17.2 Å². The zero-order chi connectivity index (χ0) is 14.3. The van der Waals surface area contributed by atoms with E-state index in [1.54, 1.807) is 21.3 Å². The molecule has 0 fully saturated rings. The first-order chi connectivity index (χ1) is 9.12. The average molecular weight is 269 g/mol. The molecule has 0 bridgehead atoms. The minimum Gasteiger partial charge on any atom is -0.493 e. The highest BCUT2D eigenvalue weighted by Gasteiger charge is 2.12. The van der Waals surface area contributed by atoms with Gasteiger partial charge in [-0.05, 0) is 31.8 Å². The van der Waals surface area contributed by atoms with Gasteiger partial charge in [0, 0.05) is 6.54 Å². The number of hydrogen-bond donors (Lipinski definition) is 0. The summed E-state index contributed by atoms with van der Waals surface area (Å²) in [5.74, 6) is 1.89. The Hall–Kier alpha value is -1.46. The third-order valence-corrected chi connectivity index (χ3v) is 2.68. The Morgan fingerprint density at radius 1 is 0.947 bits per heavy atom. The third-order valence-electron chi connectivity index (χ3n) is 2.68. The summed E-state index contributed by atoms with van der Waals surface area (Å²) in [7, 11) is 8.83. The van der Waals surface area contributed by atoms with Gasteiger partial charge >= 0.3 is 0 Å². The van der Waals surface area contributed by atoms with Crippen LogP contribution in [0, 0.1) is 0 Å². The summed E-state index contributed by atoms with van der Waals surface area (Å²) < 4.78 is 21.5. The molecule has 0 atom stereocenters. The molecule has 5 nitrogen and oxygen atoms in total. The lowest BCUT2D eigenvalue weighted by Crippen LogP contribution is -2.17. The van der Waals surface area contributed by atoms with Crippen molar-refractivity contribution < 1.29 is 18.9 Å². The van der Waals surface area contributed by atoms with Gasteiger partial charge in [-0.15, -0.1) is 0 Å². The van der Waals surface area contributed by atoms with Crippen LogP contribution in [0.5, 0.6) is 17.2 Å². The highest BCUT2D eigenvalue weighted by molar-refractivity contribution is 5.53. The van der Waals surface area contributed by atoms with Gasteiger partial charge < -0.3 is 23.8 Å². The SMILES string of the molecule is COc1cc(COCCN(C)C)cc(OC)c1OC. The van der Waals surface area contributed by atoms with Crippen molar-refractivity contribution in [2.45, 2.75) is 6.61 Å². The van der Waals surface area contributed by atoms with Crippen molar-refractivity contribution in [1.29, 1.82) is 0 Å².